The highest BCUT2D eigenvalue weighted by molar-refractivity contribution is 6.42. The molecule has 2 saturated heterocycles. The van der Waals surface area contributed by atoms with Gasteiger partial charge in [0, 0.05) is 49.7 Å². The molecule has 1 unspecified atom stereocenters. The first-order valence-corrected chi connectivity index (χ1v) is 12.6. The normalized spacial score (nSPS) is 21.3. The van der Waals surface area contributed by atoms with Crippen LogP contribution in [0.25, 0.3) is 10.8 Å². The van der Waals surface area contributed by atoms with Crippen LogP contribution in [0.15, 0.2) is 54.6 Å². The van der Waals surface area contributed by atoms with E-state index in [-0.39, 0.29) is 18.1 Å². The maximum absolute atomic E-state index is 12.7. The molecule has 0 aliphatic carbocycles. The highest BCUT2D eigenvalue weighted by Crippen LogP contribution is 2.31. The van der Waals surface area contributed by atoms with E-state index in [0.29, 0.717) is 15.6 Å². The Morgan fingerprint density at radius 2 is 1.82 bits per heavy atom. The highest BCUT2D eigenvalue weighted by Gasteiger charge is 2.26. The van der Waals surface area contributed by atoms with Crippen molar-refractivity contribution in [1.82, 2.24) is 15.1 Å². The summed E-state index contributed by atoms with van der Waals surface area (Å²) in [6, 6.07) is 17.9. The number of amides is 1. The maximum Gasteiger partial charge on any atom is 0.251 e. The monoisotopic (exact) mass is 497 g/mol. The van der Waals surface area contributed by atoms with Gasteiger partial charge < -0.3 is 15.0 Å². The number of carbonyl (C=O) groups is 1. The lowest BCUT2D eigenvalue weighted by atomic mass is 10.0. The van der Waals surface area contributed by atoms with Crippen LogP contribution in [0.2, 0.25) is 10.0 Å². The minimum atomic E-state index is -0.116. The summed E-state index contributed by atoms with van der Waals surface area (Å²) in [6.07, 6.45) is 2.23. The number of ether oxygens (including phenoxy) is 1. The van der Waals surface area contributed by atoms with E-state index in [9.17, 15) is 4.79 Å². The third-order valence-corrected chi connectivity index (χ3v) is 7.54. The van der Waals surface area contributed by atoms with Crippen molar-refractivity contribution in [2.45, 2.75) is 31.5 Å². The summed E-state index contributed by atoms with van der Waals surface area (Å²) in [5.41, 5.74) is 1.81. The number of halogens is 2. The number of benzene rings is 3. The molecule has 1 N–H and O–H groups in total. The maximum atomic E-state index is 12.7. The van der Waals surface area contributed by atoms with E-state index in [2.05, 4.69) is 58.6 Å². The van der Waals surface area contributed by atoms with E-state index in [1.165, 1.54) is 16.3 Å². The minimum Gasteiger partial charge on any atom is -0.488 e. The molecular weight excluding hydrogens is 469 g/mol. The fraction of sp³-hybridized carbons (Fsp3) is 0.370. The van der Waals surface area contributed by atoms with Gasteiger partial charge in [-0.25, -0.2) is 0 Å². The average molecular weight is 498 g/mol. The molecule has 0 spiro atoms. The molecule has 7 heteroatoms. The van der Waals surface area contributed by atoms with Gasteiger partial charge in [0.2, 0.25) is 0 Å². The molecule has 0 aromatic heterocycles. The first kappa shape index (κ1) is 23.4. The second-order valence-corrected chi connectivity index (χ2v) is 10.2. The largest absolute Gasteiger partial charge is 0.488 e. The molecule has 1 amide bonds. The van der Waals surface area contributed by atoms with Gasteiger partial charge in [0.05, 0.1) is 10.0 Å². The van der Waals surface area contributed by atoms with Gasteiger partial charge in [0.25, 0.3) is 5.91 Å². The molecule has 2 aliphatic heterocycles. The Morgan fingerprint density at radius 1 is 1.00 bits per heavy atom. The van der Waals surface area contributed by atoms with Crippen LogP contribution in [0.5, 0.6) is 5.75 Å². The zero-order chi connectivity index (χ0) is 23.7. The number of fused-ring (bicyclic) bond motifs is 1. The van der Waals surface area contributed by atoms with E-state index in [1.54, 1.807) is 18.2 Å². The summed E-state index contributed by atoms with van der Waals surface area (Å²) in [6.45, 7) is 4.64. The standard InChI is InChI=1S/C27H29Cl2N3O2/c1-31-12-11-21(17-31)34-26-9-7-19(22-4-2-3-5-23(22)26)15-32-13-10-20(16-32)30-27(33)18-6-8-24(28)25(29)14-18/h2-9,14,20-21H,10-13,15-17H2,1H3,(H,30,33)/t20-,21?/m0/s1. The van der Waals surface area contributed by atoms with Crippen LogP contribution >= 0.6 is 23.2 Å². The molecule has 0 bridgehead atoms. The molecule has 2 heterocycles. The molecule has 34 heavy (non-hydrogen) atoms. The van der Waals surface area contributed by atoms with E-state index in [0.717, 1.165) is 51.3 Å². The Balaban J connectivity index is 1.24. The van der Waals surface area contributed by atoms with E-state index < -0.39 is 0 Å². The van der Waals surface area contributed by atoms with Crippen molar-refractivity contribution >= 4 is 39.9 Å². The molecule has 0 saturated carbocycles. The Kier molecular flexibility index (Phi) is 6.98. The number of nitrogens with zero attached hydrogens (tertiary/aromatic N) is 2. The van der Waals surface area contributed by atoms with E-state index >= 15 is 0 Å². The van der Waals surface area contributed by atoms with Crippen LogP contribution in [0, 0.1) is 0 Å². The molecule has 3 aromatic carbocycles. The lowest BCUT2D eigenvalue weighted by Crippen LogP contribution is -2.37. The first-order valence-electron chi connectivity index (χ1n) is 11.8. The Labute approximate surface area is 210 Å². The topological polar surface area (TPSA) is 44.8 Å². The number of carbonyl (C=O) groups excluding carboxylic acids is 1. The Hall–Kier alpha value is -2.31. The number of hydrogen-bond acceptors (Lipinski definition) is 4. The smallest absolute Gasteiger partial charge is 0.251 e. The van der Waals surface area contributed by atoms with Crippen molar-refractivity contribution in [3.8, 4) is 5.75 Å². The number of likely N-dealkylation sites (N-methyl/N-ethyl adjacent to an activating group) is 1. The average Bonchev–Trinajstić information content (AvgIpc) is 3.45. The van der Waals surface area contributed by atoms with Crippen molar-refractivity contribution < 1.29 is 9.53 Å². The number of hydrogen-bond donors (Lipinski definition) is 1. The van der Waals surface area contributed by atoms with Gasteiger partial charge in [-0.3, -0.25) is 9.69 Å². The van der Waals surface area contributed by atoms with Gasteiger partial charge >= 0.3 is 0 Å². The highest BCUT2D eigenvalue weighted by atomic mass is 35.5. The van der Waals surface area contributed by atoms with Gasteiger partial charge in [-0.15, -0.1) is 0 Å². The Morgan fingerprint density at radius 3 is 2.59 bits per heavy atom. The van der Waals surface area contributed by atoms with Crippen molar-refractivity contribution in [2.75, 3.05) is 33.2 Å². The second kappa shape index (κ2) is 10.1. The third-order valence-electron chi connectivity index (χ3n) is 6.80. The summed E-state index contributed by atoms with van der Waals surface area (Å²) >= 11 is 12.0. The van der Waals surface area contributed by atoms with Crippen molar-refractivity contribution in [3.05, 3.63) is 75.8 Å². The summed E-state index contributed by atoms with van der Waals surface area (Å²) in [5.74, 6) is 0.850. The summed E-state index contributed by atoms with van der Waals surface area (Å²) in [4.78, 5) is 17.4. The second-order valence-electron chi connectivity index (χ2n) is 9.38. The van der Waals surface area contributed by atoms with Crippen LogP contribution in [0.4, 0.5) is 0 Å². The van der Waals surface area contributed by atoms with Crippen LogP contribution in [-0.4, -0.2) is 61.1 Å². The molecule has 2 aliphatic rings. The van der Waals surface area contributed by atoms with Crippen LogP contribution in [0.1, 0.15) is 28.8 Å². The van der Waals surface area contributed by atoms with E-state index in [4.69, 9.17) is 27.9 Å². The number of nitrogens with one attached hydrogen (secondary N) is 1. The Bertz CT molecular complexity index is 1200. The van der Waals surface area contributed by atoms with Crippen LogP contribution in [-0.2, 0) is 6.54 Å². The molecular formula is C27H29Cl2N3O2. The molecule has 2 atom stereocenters. The minimum absolute atomic E-state index is 0.107. The molecule has 3 aromatic rings. The van der Waals surface area contributed by atoms with Gasteiger partial charge in [-0.05, 0) is 55.1 Å². The molecule has 2 fully saturated rings. The molecule has 5 nitrogen and oxygen atoms in total. The van der Waals surface area contributed by atoms with Crippen LogP contribution in [0.3, 0.4) is 0 Å². The van der Waals surface area contributed by atoms with Gasteiger partial charge in [0.15, 0.2) is 0 Å². The van der Waals surface area contributed by atoms with E-state index in [1.807, 2.05) is 0 Å². The lowest BCUT2D eigenvalue weighted by Gasteiger charge is -2.20. The third kappa shape index (κ3) is 5.18. The summed E-state index contributed by atoms with van der Waals surface area (Å²) < 4.78 is 6.38. The summed E-state index contributed by atoms with van der Waals surface area (Å²) in [7, 11) is 2.14. The first-order chi connectivity index (χ1) is 16.5. The lowest BCUT2D eigenvalue weighted by molar-refractivity contribution is 0.0937. The van der Waals surface area contributed by atoms with Gasteiger partial charge in [0.1, 0.15) is 11.9 Å². The van der Waals surface area contributed by atoms with Crippen molar-refractivity contribution in [3.63, 3.8) is 0 Å². The predicted molar refractivity (Wildman–Crippen MR) is 138 cm³/mol. The number of rotatable bonds is 6. The number of likely N-dealkylation sites (tertiary alicyclic amines) is 2. The zero-order valence-electron chi connectivity index (χ0n) is 19.3. The van der Waals surface area contributed by atoms with Crippen molar-refractivity contribution in [2.24, 2.45) is 0 Å². The fourth-order valence-corrected chi connectivity index (χ4v) is 5.28. The molecule has 0 radical (unpaired) electrons. The quantitative estimate of drug-likeness (QED) is 0.506. The van der Waals surface area contributed by atoms with Crippen molar-refractivity contribution in [1.29, 1.82) is 0 Å². The summed E-state index contributed by atoms with van der Waals surface area (Å²) in [5, 5.41) is 6.38. The van der Waals surface area contributed by atoms with Gasteiger partial charge in [-0.1, -0.05) is 53.5 Å². The molecule has 178 valence electrons. The molecule has 5 rings (SSSR count). The van der Waals surface area contributed by atoms with Gasteiger partial charge in [-0.2, -0.15) is 0 Å². The SMILES string of the molecule is CN1CCC(Oc2ccc(CN3CC[C@H](NC(=O)c4ccc(Cl)c(Cl)c4)C3)c3ccccc23)C1. The fourth-order valence-electron chi connectivity index (χ4n) is 4.99. The zero-order valence-corrected chi connectivity index (χ0v) is 20.8. The predicted octanol–water partition coefficient (Wildman–Crippen LogP) is 5.23. The van der Waals surface area contributed by atoms with Crippen LogP contribution < -0.4 is 10.1 Å².